The zero-order chi connectivity index (χ0) is 20.2. The van der Waals surface area contributed by atoms with Crippen molar-refractivity contribution in [3.05, 3.63) is 54.4 Å². The highest BCUT2D eigenvalue weighted by atomic mass is 32.2. The molecule has 150 valence electrons. The molecule has 1 fully saturated rings. The van der Waals surface area contributed by atoms with Crippen molar-refractivity contribution < 1.29 is 9.53 Å². The molecule has 1 atom stereocenters. The average molecular weight is 410 g/mol. The second-order valence-corrected chi connectivity index (χ2v) is 8.25. The summed E-state index contributed by atoms with van der Waals surface area (Å²) in [4.78, 5) is 16.8. The molecule has 29 heavy (non-hydrogen) atoms. The number of thioether (sulfide) groups is 1. The van der Waals surface area contributed by atoms with Crippen molar-refractivity contribution in [3.8, 4) is 17.1 Å². The van der Waals surface area contributed by atoms with Gasteiger partial charge in [-0.05, 0) is 38.0 Å². The van der Waals surface area contributed by atoms with Gasteiger partial charge in [0.05, 0.1) is 12.4 Å². The lowest BCUT2D eigenvalue weighted by atomic mass is 10.2. The third-order valence-corrected chi connectivity index (χ3v) is 5.85. The number of pyridine rings is 1. The Bertz CT molecular complexity index is 988. The van der Waals surface area contributed by atoms with Crippen molar-refractivity contribution in [3.63, 3.8) is 0 Å². The smallest absolute Gasteiger partial charge is 0.233 e. The quantitative estimate of drug-likeness (QED) is 0.574. The number of ether oxygens (including phenoxy) is 1. The van der Waals surface area contributed by atoms with Crippen molar-refractivity contribution in [1.29, 1.82) is 0 Å². The zero-order valence-electron chi connectivity index (χ0n) is 16.4. The van der Waals surface area contributed by atoms with Crippen LogP contribution in [0, 0.1) is 0 Å². The molecular formula is C21H23N5O2S. The predicted molar refractivity (Wildman–Crippen MR) is 112 cm³/mol. The average Bonchev–Trinajstić information content (AvgIpc) is 3.52. The molecule has 0 aliphatic heterocycles. The molecule has 0 saturated heterocycles. The Morgan fingerprint density at radius 3 is 2.83 bits per heavy atom. The molecule has 0 unspecified atom stereocenters. The fourth-order valence-electron chi connectivity index (χ4n) is 3.10. The Morgan fingerprint density at radius 1 is 1.28 bits per heavy atom. The number of benzene rings is 1. The maximum Gasteiger partial charge on any atom is 0.233 e. The zero-order valence-corrected chi connectivity index (χ0v) is 17.2. The van der Waals surface area contributed by atoms with E-state index in [-0.39, 0.29) is 11.2 Å². The maximum atomic E-state index is 12.7. The van der Waals surface area contributed by atoms with E-state index in [1.54, 1.807) is 19.5 Å². The summed E-state index contributed by atoms with van der Waals surface area (Å²) >= 11 is 1.43. The summed E-state index contributed by atoms with van der Waals surface area (Å²) in [6.07, 6.45) is 5.74. The van der Waals surface area contributed by atoms with E-state index in [9.17, 15) is 4.79 Å². The molecule has 0 spiro atoms. The van der Waals surface area contributed by atoms with Gasteiger partial charge in [0.15, 0.2) is 11.0 Å². The Balaban J connectivity index is 1.45. The van der Waals surface area contributed by atoms with E-state index in [2.05, 4.69) is 25.1 Å². The van der Waals surface area contributed by atoms with Gasteiger partial charge < -0.3 is 10.1 Å². The largest absolute Gasteiger partial charge is 0.496 e. The molecule has 2 heterocycles. The fourth-order valence-corrected chi connectivity index (χ4v) is 4.04. The number of hydrogen-bond acceptors (Lipinski definition) is 6. The van der Waals surface area contributed by atoms with E-state index in [4.69, 9.17) is 4.74 Å². The van der Waals surface area contributed by atoms with E-state index in [0.29, 0.717) is 12.6 Å². The number of carbonyl (C=O) groups is 1. The number of para-hydroxylation sites is 1. The molecule has 2 aromatic heterocycles. The minimum atomic E-state index is -0.298. The first-order valence-electron chi connectivity index (χ1n) is 9.59. The van der Waals surface area contributed by atoms with E-state index < -0.39 is 0 Å². The van der Waals surface area contributed by atoms with Gasteiger partial charge >= 0.3 is 0 Å². The van der Waals surface area contributed by atoms with Crippen LogP contribution in [0.15, 0.2) is 53.9 Å². The summed E-state index contributed by atoms with van der Waals surface area (Å²) in [5, 5.41) is 12.2. The molecule has 1 N–H and O–H groups in total. The molecule has 7 nitrogen and oxygen atoms in total. The topological polar surface area (TPSA) is 81.9 Å². The Morgan fingerprint density at radius 2 is 2.10 bits per heavy atom. The first-order valence-corrected chi connectivity index (χ1v) is 10.5. The van der Waals surface area contributed by atoms with Gasteiger partial charge in [-0.3, -0.25) is 14.3 Å². The number of nitrogens with one attached hydrogen (secondary N) is 1. The lowest BCUT2D eigenvalue weighted by Crippen LogP contribution is -2.30. The summed E-state index contributed by atoms with van der Waals surface area (Å²) in [5.74, 6) is 1.53. The van der Waals surface area contributed by atoms with E-state index in [0.717, 1.165) is 40.7 Å². The standard InChI is InChI=1S/C21H23N5O2S/c1-14(20(27)23-13-15-6-3-4-8-18(15)28-2)29-21-25-24-19(26(21)17-9-10-17)16-7-5-11-22-12-16/h3-8,11-12,14,17H,9-10,13H2,1-2H3,(H,23,27)/t14-/m1/s1. The van der Waals surface area contributed by atoms with Crippen LogP contribution in [0.3, 0.4) is 0 Å². The minimum Gasteiger partial charge on any atom is -0.496 e. The highest BCUT2D eigenvalue weighted by Crippen LogP contribution is 2.41. The lowest BCUT2D eigenvalue weighted by Gasteiger charge is -2.14. The van der Waals surface area contributed by atoms with Crippen LogP contribution in [0.1, 0.15) is 31.4 Å². The number of nitrogens with zero attached hydrogens (tertiary/aromatic N) is 4. The monoisotopic (exact) mass is 409 g/mol. The van der Waals surface area contributed by atoms with E-state index in [1.165, 1.54) is 11.8 Å². The molecule has 8 heteroatoms. The number of methoxy groups -OCH3 is 1. The Labute approximate surface area is 173 Å². The van der Waals surface area contributed by atoms with Crippen LogP contribution in [0.5, 0.6) is 5.75 Å². The number of rotatable bonds is 8. The van der Waals surface area contributed by atoms with Crippen LogP contribution >= 0.6 is 11.8 Å². The van der Waals surface area contributed by atoms with Gasteiger partial charge in [-0.15, -0.1) is 10.2 Å². The van der Waals surface area contributed by atoms with Gasteiger partial charge in [-0.25, -0.2) is 0 Å². The van der Waals surface area contributed by atoms with E-state index >= 15 is 0 Å². The first-order chi connectivity index (χ1) is 14.2. The highest BCUT2D eigenvalue weighted by molar-refractivity contribution is 8.00. The second kappa shape index (κ2) is 8.65. The van der Waals surface area contributed by atoms with Gasteiger partial charge in [0, 0.05) is 36.1 Å². The molecule has 4 rings (SSSR count). The molecule has 0 radical (unpaired) electrons. The van der Waals surface area contributed by atoms with Gasteiger partial charge in [0.25, 0.3) is 0 Å². The highest BCUT2D eigenvalue weighted by Gasteiger charge is 2.31. The van der Waals surface area contributed by atoms with Gasteiger partial charge in [-0.2, -0.15) is 0 Å². The molecule has 3 aromatic rings. The van der Waals surface area contributed by atoms with Crippen LogP contribution in [0.4, 0.5) is 0 Å². The number of amides is 1. The van der Waals surface area contributed by atoms with Crippen LogP contribution in [-0.2, 0) is 11.3 Å². The Kier molecular flexibility index (Phi) is 5.80. The number of carbonyl (C=O) groups excluding carboxylic acids is 1. The molecule has 1 amide bonds. The molecule has 1 aromatic carbocycles. The number of aromatic nitrogens is 4. The summed E-state index contributed by atoms with van der Waals surface area (Å²) in [6.45, 7) is 2.31. The first kappa shape index (κ1) is 19.4. The fraction of sp³-hybridized carbons (Fsp3) is 0.333. The van der Waals surface area contributed by atoms with Gasteiger partial charge in [0.1, 0.15) is 5.75 Å². The third-order valence-electron chi connectivity index (χ3n) is 4.79. The molecule has 1 aliphatic carbocycles. The molecular weight excluding hydrogens is 386 g/mol. The van der Waals surface area contributed by atoms with Crippen molar-refractivity contribution in [2.75, 3.05) is 7.11 Å². The molecule has 0 bridgehead atoms. The van der Waals surface area contributed by atoms with E-state index in [1.807, 2.05) is 43.3 Å². The second-order valence-electron chi connectivity index (χ2n) is 6.94. The van der Waals surface area contributed by atoms with Crippen LogP contribution in [0.2, 0.25) is 0 Å². The summed E-state index contributed by atoms with van der Waals surface area (Å²) < 4.78 is 7.49. The van der Waals surface area contributed by atoms with Gasteiger partial charge in [-0.1, -0.05) is 30.0 Å². The minimum absolute atomic E-state index is 0.0471. The summed E-state index contributed by atoms with van der Waals surface area (Å²) in [6, 6.07) is 11.9. The van der Waals surface area contributed by atoms with Crippen molar-refractivity contribution in [2.24, 2.45) is 0 Å². The third kappa shape index (κ3) is 4.42. The SMILES string of the molecule is COc1ccccc1CNC(=O)[C@@H](C)Sc1nnc(-c2cccnc2)n1C1CC1. The van der Waals surface area contributed by atoms with Crippen LogP contribution < -0.4 is 10.1 Å². The van der Waals surface area contributed by atoms with Crippen molar-refractivity contribution >= 4 is 17.7 Å². The lowest BCUT2D eigenvalue weighted by molar-refractivity contribution is -0.120. The van der Waals surface area contributed by atoms with Crippen molar-refractivity contribution in [2.45, 2.75) is 42.8 Å². The molecule has 1 aliphatic rings. The normalized spacial score (nSPS) is 14.4. The summed E-state index contributed by atoms with van der Waals surface area (Å²) in [5.41, 5.74) is 1.88. The van der Waals surface area contributed by atoms with Crippen molar-refractivity contribution in [1.82, 2.24) is 25.1 Å². The van der Waals surface area contributed by atoms with Crippen LogP contribution in [-0.4, -0.2) is 38.0 Å². The number of hydrogen-bond donors (Lipinski definition) is 1. The molecule has 1 saturated carbocycles. The summed E-state index contributed by atoms with van der Waals surface area (Å²) in [7, 11) is 1.63. The van der Waals surface area contributed by atoms with Crippen LogP contribution in [0.25, 0.3) is 11.4 Å². The predicted octanol–water partition coefficient (Wildman–Crippen LogP) is 3.48. The Hall–Kier alpha value is -2.87. The maximum absolute atomic E-state index is 12.7. The van der Waals surface area contributed by atoms with Gasteiger partial charge in [0.2, 0.25) is 5.91 Å².